The van der Waals surface area contributed by atoms with E-state index >= 15 is 0 Å². The predicted molar refractivity (Wildman–Crippen MR) is 126 cm³/mol. The summed E-state index contributed by atoms with van der Waals surface area (Å²) in [4.78, 5) is 21.8. The minimum atomic E-state index is -4.45. The van der Waals surface area contributed by atoms with Crippen molar-refractivity contribution < 1.29 is 18.0 Å². The van der Waals surface area contributed by atoms with Gasteiger partial charge < -0.3 is 4.90 Å². The molecule has 4 aromatic rings. The van der Waals surface area contributed by atoms with Crippen molar-refractivity contribution in [1.29, 1.82) is 0 Å². The Hall–Kier alpha value is -3.72. The van der Waals surface area contributed by atoms with Crippen LogP contribution in [0.15, 0.2) is 67.0 Å². The molecule has 1 saturated heterocycles. The summed E-state index contributed by atoms with van der Waals surface area (Å²) in [5.74, 6) is -0.160. The predicted octanol–water partition coefficient (Wildman–Crippen LogP) is 4.71. The molecule has 2 aromatic carbocycles. The van der Waals surface area contributed by atoms with Gasteiger partial charge in [-0.3, -0.25) is 14.7 Å². The van der Waals surface area contributed by atoms with Gasteiger partial charge >= 0.3 is 6.18 Å². The Labute approximate surface area is 200 Å². The van der Waals surface area contributed by atoms with Crippen LogP contribution in [-0.2, 0) is 12.7 Å². The van der Waals surface area contributed by atoms with Crippen molar-refractivity contribution in [3.05, 3.63) is 89.4 Å². The molecule has 0 N–H and O–H groups in total. The SMILES string of the molecule is Cc1c(C(=O)N2CCN(Cc3cccc4cccnc34)CC2)cnn1-c1cccc(C(F)(F)F)c1. The number of carbonyl (C=O) groups is 1. The molecule has 1 aliphatic heterocycles. The molecule has 35 heavy (non-hydrogen) atoms. The first-order valence-electron chi connectivity index (χ1n) is 11.4. The van der Waals surface area contributed by atoms with Crippen LogP contribution in [0.4, 0.5) is 13.2 Å². The van der Waals surface area contributed by atoms with Gasteiger partial charge in [-0.2, -0.15) is 18.3 Å². The van der Waals surface area contributed by atoms with Crippen LogP contribution in [0.5, 0.6) is 0 Å². The van der Waals surface area contributed by atoms with E-state index in [9.17, 15) is 18.0 Å². The number of alkyl halides is 3. The molecule has 0 spiro atoms. The summed E-state index contributed by atoms with van der Waals surface area (Å²) < 4.78 is 40.7. The van der Waals surface area contributed by atoms with E-state index in [0.717, 1.165) is 48.2 Å². The van der Waals surface area contributed by atoms with Crippen molar-refractivity contribution in [3.63, 3.8) is 0 Å². The first-order chi connectivity index (χ1) is 16.8. The fraction of sp³-hybridized carbons (Fsp3) is 0.269. The maximum absolute atomic E-state index is 13.2. The van der Waals surface area contributed by atoms with Crippen molar-refractivity contribution in [1.82, 2.24) is 24.6 Å². The molecule has 5 rings (SSSR count). The lowest BCUT2D eigenvalue weighted by Gasteiger charge is -2.34. The molecular formula is C26H24F3N5O. The average molecular weight is 480 g/mol. The Kier molecular flexibility index (Phi) is 6.02. The van der Waals surface area contributed by atoms with Gasteiger partial charge in [0.15, 0.2) is 0 Å². The lowest BCUT2D eigenvalue weighted by molar-refractivity contribution is -0.137. The summed E-state index contributed by atoms with van der Waals surface area (Å²) >= 11 is 0. The lowest BCUT2D eigenvalue weighted by Crippen LogP contribution is -2.48. The summed E-state index contributed by atoms with van der Waals surface area (Å²) in [5, 5.41) is 5.31. The van der Waals surface area contributed by atoms with E-state index in [-0.39, 0.29) is 11.6 Å². The fourth-order valence-electron chi connectivity index (χ4n) is 4.51. The number of amides is 1. The Balaban J connectivity index is 1.27. The zero-order valence-corrected chi connectivity index (χ0v) is 19.2. The molecule has 9 heteroatoms. The van der Waals surface area contributed by atoms with Crippen molar-refractivity contribution in [2.45, 2.75) is 19.6 Å². The minimum absolute atomic E-state index is 0.160. The first-order valence-corrected chi connectivity index (χ1v) is 11.4. The molecule has 6 nitrogen and oxygen atoms in total. The normalized spacial score (nSPS) is 15.0. The minimum Gasteiger partial charge on any atom is -0.336 e. The largest absolute Gasteiger partial charge is 0.416 e. The van der Waals surface area contributed by atoms with E-state index in [1.807, 2.05) is 24.3 Å². The molecule has 1 amide bonds. The van der Waals surface area contributed by atoms with Gasteiger partial charge in [0.05, 0.1) is 34.2 Å². The van der Waals surface area contributed by atoms with Crippen LogP contribution >= 0.6 is 0 Å². The third-order valence-electron chi connectivity index (χ3n) is 6.43. The molecule has 0 atom stereocenters. The monoisotopic (exact) mass is 479 g/mol. The van der Waals surface area contributed by atoms with Crippen LogP contribution in [0.2, 0.25) is 0 Å². The van der Waals surface area contributed by atoms with Gasteiger partial charge in [-0.05, 0) is 36.8 Å². The second-order valence-corrected chi connectivity index (χ2v) is 8.66. The number of benzene rings is 2. The topological polar surface area (TPSA) is 54.3 Å². The molecule has 1 fully saturated rings. The van der Waals surface area contributed by atoms with Gasteiger partial charge in [0.25, 0.3) is 5.91 Å². The first kappa shape index (κ1) is 23.0. The van der Waals surface area contributed by atoms with Crippen LogP contribution in [-0.4, -0.2) is 56.7 Å². The van der Waals surface area contributed by atoms with E-state index in [4.69, 9.17) is 0 Å². The number of nitrogens with zero attached hydrogens (tertiary/aromatic N) is 5. The molecule has 0 saturated carbocycles. The van der Waals surface area contributed by atoms with E-state index in [2.05, 4.69) is 21.0 Å². The molecular weight excluding hydrogens is 455 g/mol. The highest BCUT2D eigenvalue weighted by Crippen LogP contribution is 2.30. The maximum atomic E-state index is 13.2. The molecule has 0 bridgehead atoms. The van der Waals surface area contributed by atoms with Gasteiger partial charge in [0.2, 0.25) is 0 Å². The molecule has 1 aliphatic rings. The van der Waals surface area contributed by atoms with E-state index < -0.39 is 11.7 Å². The van der Waals surface area contributed by atoms with Crippen molar-refractivity contribution in [3.8, 4) is 5.69 Å². The number of para-hydroxylation sites is 1. The Morgan fingerprint density at radius 3 is 2.51 bits per heavy atom. The highest BCUT2D eigenvalue weighted by atomic mass is 19.4. The van der Waals surface area contributed by atoms with Crippen LogP contribution < -0.4 is 0 Å². The highest BCUT2D eigenvalue weighted by Gasteiger charge is 2.31. The zero-order chi connectivity index (χ0) is 24.6. The highest BCUT2D eigenvalue weighted by molar-refractivity contribution is 5.95. The van der Waals surface area contributed by atoms with E-state index in [0.29, 0.717) is 24.3 Å². The van der Waals surface area contributed by atoms with Gasteiger partial charge in [-0.1, -0.05) is 30.3 Å². The smallest absolute Gasteiger partial charge is 0.336 e. The zero-order valence-electron chi connectivity index (χ0n) is 19.2. The number of hydrogen-bond donors (Lipinski definition) is 0. The number of piperazine rings is 1. The Bertz CT molecular complexity index is 1370. The number of aromatic nitrogens is 3. The van der Waals surface area contributed by atoms with Crippen molar-refractivity contribution in [2.75, 3.05) is 26.2 Å². The molecule has 3 heterocycles. The quantitative estimate of drug-likeness (QED) is 0.426. The van der Waals surface area contributed by atoms with Gasteiger partial charge in [0.1, 0.15) is 0 Å². The summed E-state index contributed by atoms with van der Waals surface area (Å²) in [7, 11) is 0. The van der Waals surface area contributed by atoms with Crippen LogP contribution in [0.1, 0.15) is 27.2 Å². The lowest BCUT2D eigenvalue weighted by atomic mass is 10.1. The van der Waals surface area contributed by atoms with Crippen molar-refractivity contribution in [2.24, 2.45) is 0 Å². The number of carbonyl (C=O) groups excluding carboxylic acids is 1. The van der Waals surface area contributed by atoms with Gasteiger partial charge in [-0.25, -0.2) is 4.68 Å². The second kappa shape index (κ2) is 9.14. The average Bonchev–Trinajstić information content (AvgIpc) is 3.25. The number of hydrogen-bond acceptors (Lipinski definition) is 4. The summed E-state index contributed by atoms with van der Waals surface area (Å²) in [6, 6.07) is 15.1. The third kappa shape index (κ3) is 4.64. The van der Waals surface area contributed by atoms with Crippen LogP contribution in [0.3, 0.4) is 0 Å². The molecule has 2 aromatic heterocycles. The molecule has 0 aliphatic carbocycles. The maximum Gasteiger partial charge on any atom is 0.416 e. The number of fused-ring (bicyclic) bond motifs is 1. The number of halogens is 3. The Morgan fingerprint density at radius 1 is 1.00 bits per heavy atom. The van der Waals surface area contributed by atoms with E-state index in [1.165, 1.54) is 16.9 Å². The van der Waals surface area contributed by atoms with Crippen LogP contribution in [0, 0.1) is 6.92 Å². The van der Waals surface area contributed by atoms with Gasteiger partial charge in [-0.15, -0.1) is 0 Å². The molecule has 0 unspecified atom stereocenters. The van der Waals surface area contributed by atoms with Gasteiger partial charge in [0, 0.05) is 44.3 Å². The standard InChI is InChI=1S/C26H24F3N5O/c1-18-23(16-31-34(18)22-9-3-8-21(15-22)26(27,28)29)25(35)33-13-11-32(12-14-33)17-20-6-2-5-19-7-4-10-30-24(19)20/h2-10,15-16H,11-14,17H2,1H3. The molecule has 0 radical (unpaired) electrons. The summed E-state index contributed by atoms with van der Waals surface area (Å²) in [6.07, 6.45) is -1.21. The summed E-state index contributed by atoms with van der Waals surface area (Å²) in [6.45, 7) is 5.01. The van der Waals surface area contributed by atoms with Crippen molar-refractivity contribution >= 4 is 16.8 Å². The number of pyridine rings is 1. The summed E-state index contributed by atoms with van der Waals surface area (Å²) in [5.41, 5.74) is 2.57. The molecule has 180 valence electrons. The third-order valence-corrected chi connectivity index (χ3v) is 6.43. The number of rotatable bonds is 4. The van der Waals surface area contributed by atoms with Crippen LogP contribution in [0.25, 0.3) is 16.6 Å². The fourth-order valence-corrected chi connectivity index (χ4v) is 4.51. The van der Waals surface area contributed by atoms with E-state index in [1.54, 1.807) is 24.1 Å². The Morgan fingerprint density at radius 2 is 1.74 bits per heavy atom. The second-order valence-electron chi connectivity index (χ2n) is 8.66.